The minimum absolute atomic E-state index is 1.09. The van der Waals surface area contributed by atoms with E-state index in [4.69, 9.17) is 0 Å². The van der Waals surface area contributed by atoms with Gasteiger partial charge in [-0.2, -0.15) is 0 Å². The fourth-order valence-corrected chi connectivity index (χ4v) is 1.32. The second-order valence-corrected chi connectivity index (χ2v) is 3.01. The Morgan fingerprint density at radius 1 is 1.09 bits per heavy atom. The van der Waals surface area contributed by atoms with Crippen molar-refractivity contribution in [2.24, 2.45) is 0 Å². The van der Waals surface area contributed by atoms with Gasteiger partial charge in [0.05, 0.1) is 0 Å². The van der Waals surface area contributed by atoms with Crippen LogP contribution in [0.15, 0.2) is 0 Å². The molecular weight excluding hydrogens is 136 g/mol. The highest BCUT2D eigenvalue weighted by Gasteiger charge is 2.07. The summed E-state index contributed by atoms with van der Waals surface area (Å²) >= 11 is 0. The molecule has 1 heterocycles. The van der Waals surface area contributed by atoms with E-state index in [9.17, 15) is 0 Å². The fourth-order valence-electron chi connectivity index (χ4n) is 1.32. The van der Waals surface area contributed by atoms with Gasteiger partial charge in [-0.15, -0.1) is 0 Å². The monoisotopic (exact) mass is 152 g/mol. The molecule has 0 radical (unpaired) electrons. The maximum atomic E-state index is 3.10. The molecule has 0 aromatic heterocycles. The standard InChI is InChI=1S/C9H16N2/c1-3-5-11-7-4-6-10(2)8-9-11/h4,6-9H2,1-2H3. The van der Waals surface area contributed by atoms with Gasteiger partial charge in [0.25, 0.3) is 0 Å². The van der Waals surface area contributed by atoms with Crippen molar-refractivity contribution >= 4 is 0 Å². The van der Waals surface area contributed by atoms with E-state index >= 15 is 0 Å². The quantitative estimate of drug-likeness (QED) is 0.469. The first-order valence-electron chi connectivity index (χ1n) is 4.19. The summed E-state index contributed by atoms with van der Waals surface area (Å²) in [6.45, 7) is 6.48. The zero-order valence-corrected chi connectivity index (χ0v) is 7.43. The van der Waals surface area contributed by atoms with Gasteiger partial charge in [-0.1, -0.05) is 5.92 Å². The van der Waals surface area contributed by atoms with Gasteiger partial charge in [0.2, 0.25) is 0 Å². The molecule has 2 nitrogen and oxygen atoms in total. The zero-order valence-electron chi connectivity index (χ0n) is 7.43. The van der Waals surface area contributed by atoms with E-state index in [1.54, 1.807) is 0 Å². The van der Waals surface area contributed by atoms with Crippen molar-refractivity contribution in [1.82, 2.24) is 9.80 Å². The summed E-state index contributed by atoms with van der Waals surface area (Å²) < 4.78 is 0. The number of rotatable bonds is 0. The lowest BCUT2D eigenvalue weighted by atomic mass is 10.4. The highest BCUT2D eigenvalue weighted by Crippen LogP contribution is 1.98. The minimum atomic E-state index is 1.09. The zero-order chi connectivity index (χ0) is 8.10. The van der Waals surface area contributed by atoms with E-state index in [-0.39, 0.29) is 0 Å². The summed E-state index contributed by atoms with van der Waals surface area (Å²) in [6.07, 6.45) is 1.24. The van der Waals surface area contributed by atoms with Crippen molar-refractivity contribution in [3.05, 3.63) is 0 Å². The van der Waals surface area contributed by atoms with Gasteiger partial charge in [-0.3, -0.25) is 0 Å². The van der Waals surface area contributed by atoms with Crippen LogP contribution in [-0.4, -0.2) is 43.0 Å². The van der Waals surface area contributed by atoms with Crippen LogP contribution in [0.4, 0.5) is 0 Å². The van der Waals surface area contributed by atoms with Crippen molar-refractivity contribution in [3.8, 4) is 12.0 Å². The molecule has 0 amide bonds. The molecule has 1 saturated heterocycles. The summed E-state index contributed by atoms with van der Waals surface area (Å²) in [5.74, 6) is 2.94. The van der Waals surface area contributed by atoms with Crippen LogP contribution in [0.3, 0.4) is 0 Å². The van der Waals surface area contributed by atoms with Gasteiger partial charge in [0.1, 0.15) is 0 Å². The topological polar surface area (TPSA) is 6.48 Å². The predicted octanol–water partition coefficient (Wildman–Crippen LogP) is 0.605. The lowest BCUT2D eigenvalue weighted by Crippen LogP contribution is -2.25. The smallest absolute Gasteiger partial charge is 0.0388 e. The highest BCUT2D eigenvalue weighted by atomic mass is 15.2. The van der Waals surface area contributed by atoms with Crippen molar-refractivity contribution in [1.29, 1.82) is 0 Å². The summed E-state index contributed by atoms with van der Waals surface area (Å²) in [4.78, 5) is 4.57. The van der Waals surface area contributed by atoms with E-state index in [0.717, 1.165) is 19.6 Å². The van der Waals surface area contributed by atoms with Gasteiger partial charge in [-0.05, 0) is 26.9 Å². The van der Waals surface area contributed by atoms with Crippen molar-refractivity contribution in [3.63, 3.8) is 0 Å². The van der Waals surface area contributed by atoms with Gasteiger partial charge in [0.15, 0.2) is 0 Å². The molecule has 1 aliphatic heterocycles. The second-order valence-electron chi connectivity index (χ2n) is 3.01. The van der Waals surface area contributed by atoms with Crippen molar-refractivity contribution in [2.75, 3.05) is 33.2 Å². The van der Waals surface area contributed by atoms with E-state index in [0.29, 0.717) is 0 Å². The Balaban J connectivity index is 2.38. The molecule has 0 aromatic rings. The van der Waals surface area contributed by atoms with E-state index in [1.807, 2.05) is 6.92 Å². The van der Waals surface area contributed by atoms with E-state index in [1.165, 1.54) is 13.0 Å². The van der Waals surface area contributed by atoms with Gasteiger partial charge < -0.3 is 9.80 Å². The highest BCUT2D eigenvalue weighted by molar-refractivity contribution is 4.95. The Labute approximate surface area is 69.2 Å². The SMILES string of the molecule is CC#CN1CCCN(C)CC1. The Bertz CT molecular complexity index is 166. The third-order valence-corrected chi connectivity index (χ3v) is 1.99. The van der Waals surface area contributed by atoms with E-state index < -0.39 is 0 Å². The summed E-state index contributed by atoms with van der Waals surface area (Å²) in [6, 6.07) is 3.10. The minimum Gasteiger partial charge on any atom is -0.331 e. The Morgan fingerprint density at radius 2 is 1.91 bits per heavy atom. The maximum Gasteiger partial charge on any atom is 0.0388 e. The normalized spacial score (nSPS) is 20.4. The number of hydrogen-bond acceptors (Lipinski definition) is 2. The molecule has 1 aliphatic rings. The first-order chi connectivity index (χ1) is 5.33. The molecule has 11 heavy (non-hydrogen) atoms. The van der Waals surface area contributed by atoms with Crippen LogP contribution in [0.25, 0.3) is 0 Å². The van der Waals surface area contributed by atoms with Gasteiger partial charge in [0, 0.05) is 25.7 Å². The Kier molecular flexibility index (Phi) is 3.25. The molecule has 0 atom stereocenters. The molecule has 1 fully saturated rings. The third-order valence-electron chi connectivity index (χ3n) is 1.99. The molecule has 0 aromatic carbocycles. The largest absolute Gasteiger partial charge is 0.331 e. The molecule has 0 saturated carbocycles. The molecule has 0 unspecified atom stereocenters. The average molecular weight is 152 g/mol. The molecule has 0 N–H and O–H groups in total. The lowest BCUT2D eigenvalue weighted by Gasteiger charge is -2.14. The lowest BCUT2D eigenvalue weighted by molar-refractivity contribution is 0.342. The van der Waals surface area contributed by atoms with Crippen LogP contribution in [-0.2, 0) is 0 Å². The number of nitrogens with zero attached hydrogens (tertiary/aromatic N) is 2. The number of hydrogen-bond donors (Lipinski definition) is 0. The first kappa shape index (κ1) is 8.42. The van der Waals surface area contributed by atoms with Gasteiger partial charge in [-0.25, -0.2) is 0 Å². The van der Waals surface area contributed by atoms with E-state index in [2.05, 4.69) is 28.8 Å². The van der Waals surface area contributed by atoms with Crippen LogP contribution in [0.2, 0.25) is 0 Å². The Hall–Kier alpha value is -0.680. The van der Waals surface area contributed by atoms with Crippen LogP contribution >= 0.6 is 0 Å². The van der Waals surface area contributed by atoms with Crippen LogP contribution in [0, 0.1) is 12.0 Å². The maximum absolute atomic E-state index is 3.10. The summed E-state index contributed by atoms with van der Waals surface area (Å²) in [5, 5.41) is 0. The fraction of sp³-hybridized carbons (Fsp3) is 0.778. The second kappa shape index (κ2) is 4.25. The van der Waals surface area contributed by atoms with Crippen molar-refractivity contribution < 1.29 is 0 Å². The first-order valence-corrected chi connectivity index (χ1v) is 4.19. The molecular formula is C9H16N2. The van der Waals surface area contributed by atoms with Gasteiger partial charge >= 0.3 is 0 Å². The molecule has 1 rings (SSSR count). The third kappa shape index (κ3) is 2.81. The van der Waals surface area contributed by atoms with Crippen LogP contribution in [0.1, 0.15) is 13.3 Å². The molecule has 0 bridgehead atoms. The summed E-state index contributed by atoms with van der Waals surface area (Å²) in [7, 11) is 2.17. The van der Waals surface area contributed by atoms with Crippen LogP contribution < -0.4 is 0 Å². The Morgan fingerprint density at radius 3 is 2.64 bits per heavy atom. The molecule has 0 aliphatic carbocycles. The van der Waals surface area contributed by atoms with Crippen LogP contribution in [0.5, 0.6) is 0 Å². The summed E-state index contributed by atoms with van der Waals surface area (Å²) in [5.41, 5.74) is 0. The molecule has 62 valence electrons. The average Bonchev–Trinajstić information content (AvgIpc) is 2.17. The van der Waals surface area contributed by atoms with Crippen molar-refractivity contribution in [2.45, 2.75) is 13.3 Å². The predicted molar refractivity (Wildman–Crippen MR) is 47.1 cm³/mol. The molecule has 0 spiro atoms. The molecule has 2 heteroatoms. The number of likely N-dealkylation sites (N-methyl/N-ethyl adjacent to an activating group) is 1.